The van der Waals surface area contributed by atoms with E-state index in [1.54, 1.807) is 6.07 Å². The van der Waals surface area contributed by atoms with Crippen LogP contribution in [0.1, 0.15) is 56.3 Å². The summed E-state index contributed by atoms with van der Waals surface area (Å²) < 4.78 is 0.860. The summed E-state index contributed by atoms with van der Waals surface area (Å²) in [6, 6.07) is 7.36. The van der Waals surface area contributed by atoms with Crippen molar-refractivity contribution in [2.75, 3.05) is 6.54 Å². The number of nitrogens with zero attached hydrogens (tertiary/aromatic N) is 1. The zero-order valence-electron chi connectivity index (χ0n) is 13.4. The summed E-state index contributed by atoms with van der Waals surface area (Å²) in [5, 5.41) is 0. The molecule has 0 N–H and O–H groups in total. The summed E-state index contributed by atoms with van der Waals surface area (Å²) >= 11 is 2.13. The van der Waals surface area contributed by atoms with Crippen molar-refractivity contribution >= 4 is 34.4 Å². The Labute approximate surface area is 146 Å². The van der Waals surface area contributed by atoms with Gasteiger partial charge in [-0.05, 0) is 54.0 Å². The van der Waals surface area contributed by atoms with Gasteiger partial charge in [-0.25, -0.2) is 0 Å². The standard InChI is InChI=1S/C18H24INO2/c1-4-6-10-14(3)17(21)20(13-7-5-2)18(22)15-11-8-9-12-16(15)19/h8-9,11-12H,3-7,10,13H2,1-2H3. The van der Waals surface area contributed by atoms with Gasteiger partial charge in [-0.3, -0.25) is 14.5 Å². The lowest BCUT2D eigenvalue weighted by Gasteiger charge is -2.22. The fourth-order valence-electron chi connectivity index (χ4n) is 2.08. The fraction of sp³-hybridized carbons (Fsp3) is 0.444. The molecule has 0 heterocycles. The maximum Gasteiger partial charge on any atom is 0.261 e. The highest BCUT2D eigenvalue weighted by molar-refractivity contribution is 14.1. The van der Waals surface area contributed by atoms with Gasteiger partial charge in [-0.2, -0.15) is 0 Å². The van der Waals surface area contributed by atoms with Gasteiger partial charge in [0, 0.05) is 15.7 Å². The number of carbonyl (C=O) groups excluding carboxylic acids is 2. The molecule has 0 atom stereocenters. The minimum atomic E-state index is -0.230. The minimum absolute atomic E-state index is 0.221. The number of benzene rings is 1. The molecule has 0 radical (unpaired) electrons. The Hall–Kier alpha value is -1.17. The molecule has 120 valence electrons. The molecule has 1 aromatic rings. The van der Waals surface area contributed by atoms with Crippen LogP contribution in [0.4, 0.5) is 0 Å². The Kier molecular flexibility index (Phi) is 8.38. The number of carbonyl (C=O) groups is 2. The fourth-order valence-corrected chi connectivity index (χ4v) is 2.70. The number of halogens is 1. The molecule has 0 aliphatic rings. The second kappa shape index (κ2) is 9.77. The monoisotopic (exact) mass is 413 g/mol. The van der Waals surface area contributed by atoms with E-state index >= 15 is 0 Å². The van der Waals surface area contributed by atoms with Gasteiger partial charge in [0.05, 0.1) is 5.56 Å². The Morgan fingerprint density at radius 2 is 1.77 bits per heavy atom. The Bertz CT molecular complexity index is 540. The van der Waals surface area contributed by atoms with Crippen LogP contribution in [0.25, 0.3) is 0 Å². The molecular weight excluding hydrogens is 389 g/mol. The van der Waals surface area contributed by atoms with Gasteiger partial charge < -0.3 is 0 Å². The van der Waals surface area contributed by atoms with Crippen molar-refractivity contribution in [2.24, 2.45) is 0 Å². The van der Waals surface area contributed by atoms with Gasteiger partial charge >= 0.3 is 0 Å². The second-order valence-electron chi connectivity index (χ2n) is 5.30. The van der Waals surface area contributed by atoms with Crippen molar-refractivity contribution in [2.45, 2.75) is 46.0 Å². The average molecular weight is 413 g/mol. The molecule has 3 nitrogen and oxygen atoms in total. The van der Waals surface area contributed by atoms with E-state index in [1.165, 1.54) is 4.90 Å². The molecule has 1 aromatic carbocycles. The molecule has 0 aliphatic heterocycles. The van der Waals surface area contributed by atoms with Crippen LogP contribution < -0.4 is 0 Å². The topological polar surface area (TPSA) is 37.4 Å². The SMILES string of the molecule is C=C(CCCC)C(=O)N(CCCC)C(=O)c1ccccc1I. The number of rotatable bonds is 8. The van der Waals surface area contributed by atoms with Crippen LogP contribution in [-0.4, -0.2) is 23.3 Å². The van der Waals surface area contributed by atoms with Crippen molar-refractivity contribution in [1.82, 2.24) is 4.90 Å². The van der Waals surface area contributed by atoms with Gasteiger partial charge in [0.1, 0.15) is 0 Å². The lowest BCUT2D eigenvalue weighted by molar-refractivity contribution is -0.124. The highest BCUT2D eigenvalue weighted by Crippen LogP contribution is 2.17. The third-order valence-electron chi connectivity index (χ3n) is 3.46. The van der Waals surface area contributed by atoms with Crippen molar-refractivity contribution < 1.29 is 9.59 Å². The first-order valence-corrected chi connectivity index (χ1v) is 8.89. The highest BCUT2D eigenvalue weighted by Gasteiger charge is 2.25. The first kappa shape index (κ1) is 18.9. The summed E-state index contributed by atoms with van der Waals surface area (Å²) in [7, 11) is 0. The quantitative estimate of drug-likeness (QED) is 0.453. The van der Waals surface area contributed by atoms with E-state index in [9.17, 15) is 9.59 Å². The van der Waals surface area contributed by atoms with Crippen LogP contribution in [0.3, 0.4) is 0 Å². The smallest absolute Gasteiger partial charge is 0.261 e. The number of hydrogen-bond acceptors (Lipinski definition) is 2. The molecule has 4 heteroatoms. The van der Waals surface area contributed by atoms with Crippen molar-refractivity contribution in [3.63, 3.8) is 0 Å². The second-order valence-corrected chi connectivity index (χ2v) is 6.46. The normalized spacial score (nSPS) is 10.3. The first-order valence-electron chi connectivity index (χ1n) is 7.81. The van der Waals surface area contributed by atoms with Gasteiger partial charge in [-0.1, -0.05) is 45.4 Å². The zero-order chi connectivity index (χ0) is 16.5. The molecular formula is C18H24INO2. The zero-order valence-corrected chi connectivity index (χ0v) is 15.6. The van der Waals surface area contributed by atoms with E-state index in [2.05, 4.69) is 36.1 Å². The van der Waals surface area contributed by atoms with Crippen LogP contribution in [0.5, 0.6) is 0 Å². The van der Waals surface area contributed by atoms with E-state index in [1.807, 2.05) is 25.1 Å². The summed E-state index contributed by atoms with van der Waals surface area (Å²) in [4.78, 5) is 26.7. The molecule has 0 saturated carbocycles. The maximum absolute atomic E-state index is 12.8. The summed E-state index contributed by atoms with van der Waals surface area (Å²) in [6.45, 7) is 8.44. The molecule has 0 aliphatic carbocycles. The van der Waals surface area contributed by atoms with Crippen molar-refractivity contribution in [1.29, 1.82) is 0 Å². The Morgan fingerprint density at radius 3 is 2.36 bits per heavy atom. The Balaban J connectivity index is 2.97. The van der Waals surface area contributed by atoms with E-state index < -0.39 is 0 Å². The van der Waals surface area contributed by atoms with Gasteiger partial charge in [-0.15, -0.1) is 0 Å². The molecule has 0 aromatic heterocycles. The van der Waals surface area contributed by atoms with Gasteiger partial charge in [0.15, 0.2) is 0 Å². The molecule has 0 fully saturated rings. The predicted octanol–water partition coefficient (Wildman–Crippen LogP) is 4.81. The molecule has 0 saturated heterocycles. The van der Waals surface area contributed by atoms with Gasteiger partial charge in [0.2, 0.25) is 0 Å². The molecule has 0 unspecified atom stereocenters. The Morgan fingerprint density at radius 1 is 1.14 bits per heavy atom. The number of hydrogen-bond donors (Lipinski definition) is 0. The third kappa shape index (κ3) is 5.23. The van der Waals surface area contributed by atoms with E-state index in [4.69, 9.17) is 0 Å². The van der Waals surface area contributed by atoms with Crippen LogP contribution in [0, 0.1) is 3.57 Å². The molecule has 2 amide bonds. The lowest BCUT2D eigenvalue weighted by atomic mass is 10.1. The number of unbranched alkanes of at least 4 members (excludes halogenated alkanes) is 2. The lowest BCUT2D eigenvalue weighted by Crippen LogP contribution is -2.38. The third-order valence-corrected chi connectivity index (χ3v) is 4.41. The molecule has 0 spiro atoms. The van der Waals surface area contributed by atoms with E-state index in [0.717, 1.165) is 29.3 Å². The summed E-state index contributed by atoms with van der Waals surface area (Å²) in [5.41, 5.74) is 1.10. The van der Waals surface area contributed by atoms with Crippen LogP contribution in [-0.2, 0) is 4.79 Å². The van der Waals surface area contributed by atoms with Crippen molar-refractivity contribution in [3.05, 3.63) is 45.6 Å². The molecule has 22 heavy (non-hydrogen) atoms. The summed E-state index contributed by atoms with van der Waals surface area (Å²) in [6.07, 6.45) is 4.32. The van der Waals surface area contributed by atoms with Crippen LogP contribution in [0.15, 0.2) is 36.4 Å². The average Bonchev–Trinajstić information content (AvgIpc) is 2.52. The van der Waals surface area contributed by atoms with E-state index in [-0.39, 0.29) is 11.8 Å². The van der Waals surface area contributed by atoms with Crippen LogP contribution >= 0.6 is 22.6 Å². The number of amides is 2. The highest BCUT2D eigenvalue weighted by atomic mass is 127. The van der Waals surface area contributed by atoms with Crippen molar-refractivity contribution in [3.8, 4) is 0 Å². The predicted molar refractivity (Wildman–Crippen MR) is 98.8 cm³/mol. The van der Waals surface area contributed by atoms with E-state index in [0.29, 0.717) is 24.1 Å². The van der Waals surface area contributed by atoms with Gasteiger partial charge in [0.25, 0.3) is 11.8 Å². The number of imide groups is 1. The largest absolute Gasteiger partial charge is 0.275 e. The first-order chi connectivity index (χ1) is 10.5. The maximum atomic E-state index is 12.8. The minimum Gasteiger partial charge on any atom is -0.275 e. The molecule has 1 rings (SSSR count). The summed E-state index contributed by atoms with van der Waals surface area (Å²) in [5.74, 6) is -0.451. The van der Waals surface area contributed by atoms with Crippen LogP contribution in [0.2, 0.25) is 0 Å². The molecule has 0 bridgehead atoms.